The summed E-state index contributed by atoms with van der Waals surface area (Å²) in [6, 6.07) is 8.72. The second kappa shape index (κ2) is 4.14. The molecule has 2 aromatic rings. The van der Waals surface area contributed by atoms with Crippen LogP contribution in [-0.4, -0.2) is 15.0 Å². The first-order chi connectivity index (χ1) is 8.25. The van der Waals surface area contributed by atoms with Gasteiger partial charge in [-0.15, -0.1) is 5.10 Å². The Labute approximate surface area is 108 Å². The third-order valence-corrected chi connectivity index (χ3v) is 3.77. The minimum atomic E-state index is 0.277. The number of fused-ring (bicyclic) bond motifs is 1. The molecule has 1 atom stereocenters. The monoisotopic (exact) mass is 292 g/mol. The van der Waals surface area contributed by atoms with Crippen LogP contribution < -0.4 is 5.32 Å². The zero-order valence-corrected chi connectivity index (χ0v) is 11.1. The normalized spacial score (nSPS) is 18.6. The third-order valence-electron chi connectivity index (χ3n) is 3.21. The minimum Gasteiger partial charge on any atom is -0.376 e. The Balaban J connectivity index is 1.95. The van der Waals surface area contributed by atoms with Crippen LogP contribution in [0.1, 0.15) is 23.7 Å². The van der Waals surface area contributed by atoms with Gasteiger partial charge in [0.15, 0.2) is 4.60 Å². The van der Waals surface area contributed by atoms with Crippen LogP contribution in [-0.2, 0) is 13.5 Å². The Hall–Kier alpha value is -1.36. The van der Waals surface area contributed by atoms with Crippen molar-refractivity contribution >= 4 is 21.6 Å². The molecule has 1 aromatic carbocycles. The predicted octanol–water partition coefficient (Wildman–Crippen LogP) is 2.68. The van der Waals surface area contributed by atoms with Gasteiger partial charge in [-0.25, -0.2) is 4.68 Å². The van der Waals surface area contributed by atoms with Crippen LogP contribution in [0.2, 0.25) is 0 Å². The van der Waals surface area contributed by atoms with Gasteiger partial charge < -0.3 is 5.32 Å². The molecule has 0 aliphatic carbocycles. The largest absolute Gasteiger partial charge is 0.376 e. The lowest BCUT2D eigenvalue weighted by molar-refractivity contribution is 0.589. The van der Waals surface area contributed by atoms with Crippen molar-refractivity contribution in [3.8, 4) is 0 Å². The van der Waals surface area contributed by atoms with Crippen LogP contribution in [0, 0.1) is 0 Å². The molecule has 0 saturated carbocycles. The number of hydrogen-bond acceptors (Lipinski definition) is 3. The maximum Gasteiger partial charge on any atom is 0.153 e. The summed E-state index contributed by atoms with van der Waals surface area (Å²) in [6.07, 6.45) is 2.16. The number of nitrogens with zero attached hydrogens (tertiary/aromatic N) is 3. The average molecular weight is 293 g/mol. The second-order valence-electron chi connectivity index (χ2n) is 4.28. The number of rotatable bonds is 1. The van der Waals surface area contributed by atoms with Crippen molar-refractivity contribution in [3.63, 3.8) is 0 Å². The molecule has 2 heterocycles. The van der Waals surface area contributed by atoms with Gasteiger partial charge in [-0.2, -0.15) is 0 Å². The Morgan fingerprint density at radius 3 is 3.00 bits per heavy atom. The summed E-state index contributed by atoms with van der Waals surface area (Å²) < 4.78 is 2.66. The number of para-hydroxylation sites is 1. The molecule has 0 amide bonds. The lowest BCUT2D eigenvalue weighted by Gasteiger charge is -2.26. The number of anilines is 1. The van der Waals surface area contributed by atoms with Crippen molar-refractivity contribution in [2.45, 2.75) is 18.9 Å². The van der Waals surface area contributed by atoms with E-state index in [4.69, 9.17) is 0 Å². The zero-order chi connectivity index (χ0) is 11.8. The predicted molar refractivity (Wildman–Crippen MR) is 69.8 cm³/mol. The molecule has 1 unspecified atom stereocenters. The SMILES string of the molecule is Cn1nnc(Br)c1C1CCc2ccccc2N1. The van der Waals surface area contributed by atoms with E-state index < -0.39 is 0 Å². The lowest BCUT2D eigenvalue weighted by atomic mass is 9.96. The standard InChI is InChI=1S/C12H13BrN4/c1-17-11(12(13)15-16-17)10-7-6-8-4-2-3-5-9(8)14-10/h2-5,10,14H,6-7H2,1H3. The van der Waals surface area contributed by atoms with E-state index in [-0.39, 0.29) is 6.04 Å². The zero-order valence-electron chi connectivity index (χ0n) is 9.52. The highest BCUT2D eigenvalue weighted by Gasteiger charge is 2.24. The smallest absolute Gasteiger partial charge is 0.153 e. The summed E-state index contributed by atoms with van der Waals surface area (Å²) >= 11 is 3.46. The Kier molecular flexibility index (Phi) is 2.63. The van der Waals surface area contributed by atoms with E-state index in [0.717, 1.165) is 23.1 Å². The molecule has 0 spiro atoms. The Bertz CT molecular complexity index is 530. The molecule has 0 radical (unpaired) electrons. The molecule has 0 saturated heterocycles. The molecule has 1 N–H and O–H groups in total. The molecule has 3 rings (SSSR count). The number of halogens is 1. The van der Waals surface area contributed by atoms with E-state index in [0.29, 0.717) is 0 Å². The summed E-state index contributed by atoms with van der Waals surface area (Å²) in [7, 11) is 1.93. The second-order valence-corrected chi connectivity index (χ2v) is 5.03. The van der Waals surface area contributed by atoms with Crippen molar-refractivity contribution in [1.29, 1.82) is 0 Å². The van der Waals surface area contributed by atoms with Crippen LogP contribution in [0.25, 0.3) is 0 Å². The maximum atomic E-state index is 4.04. The number of hydrogen-bond donors (Lipinski definition) is 1. The average Bonchev–Trinajstić information content (AvgIpc) is 2.68. The highest BCUT2D eigenvalue weighted by atomic mass is 79.9. The van der Waals surface area contributed by atoms with Gasteiger partial charge in [-0.3, -0.25) is 0 Å². The van der Waals surface area contributed by atoms with Crippen molar-refractivity contribution in [2.24, 2.45) is 7.05 Å². The Morgan fingerprint density at radius 2 is 2.24 bits per heavy atom. The first-order valence-corrected chi connectivity index (χ1v) is 6.44. The number of benzene rings is 1. The third kappa shape index (κ3) is 1.84. The lowest BCUT2D eigenvalue weighted by Crippen LogP contribution is -2.20. The maximum absolute atomic E-state index is 4.04. The molecule has 5 heteroatoms. The van der Waals surface area contributed by atoms with Crippen LogP contribution >= 0.6 is 15.9 Å². The number of aryl methyl sites for hydroxylation is 2. The summed E-state index contributed by atoms with van der Waals surface area (Å²) in [5.74, 6) is 0. The van der Waals surface area contributed by atoms with Crippen LogP contribution in [0.3, 0.4) is 0 Å². The topological polar surface area (TPSA) is 42.7 Å². The summed E-state index contributed by atoms with van der Waals surface area (Å²) in [5.41, 5.74) is 3.71. The summed E-state index contributed by atoms with van der Waals surface area (Å²) in [6.45, 7) is 0. The van der Waals surface area contributed by atoms with E-state index in [1.807, 2.05) is 11.7 Å². The fourth-order valence-electron chi connectivity index (χ4n) is 2.35. The molecule has 1 aromatic heterocycles. The summed E-state index contributed by atoms with van der Waals surface area (Å²) in [4.78, 5) is 0. The Morgan fingerprint density at radius 1 is 1.41 bits per heavy atom. The van der Waals surface area contributed by atoms with Gasteiger partial charge in [0.25, 0.3) is 0 Å². The highest BCUT2D eigenvalue weighted by molar-refractivity contribution is 9.10. The van der Waals surface area contributed by atoms with Crippen LogP contribution in [0.5, 0.6) is 0 Å². The summed E-state index contributed by atoms with van der Waals surface area (Å²) in [5, 5.41) is 11.6. The number of nitrogens with one attached hydrogen (secondary N) is 1. The van der Waals surface area contributed by atoms with Crippen molar-refractivity contribution in [3.05, 3.63) is 40.1 Å². The van der Waals surface area contributed by atoms with E-state index in [9.17, 15) is 0 Å². The highest BCUT2D eigenvalue weighted by Crippen LogP contribution is 2.34. The molecule has 4 nitrogen and oxygen atoms in total. The van der Waals surface area contributed by atoms with Gasteiger partial charge in [0.1, 0.15) is 0 Å². The fourth-order valence-corrected chi connectivity index (χ4v) is 2.96. The van der Waals surface area contributed by atoms with E-state index in [1.54, 1.807) is 0 Å². The van der Waals surface area contributed by atoms with Crippen LogP contribution in [0.4, 0.5) is 5.69 Å². The fraction of sp³-hybridized carbons (Fsp3) is 0.333. The first kappa shape index (κ1) is 10.8. The van der Waals surface area contributed by atoms with E-state index in [2.05, 4.69) is 55.8 Å². The number of aromatic nitrogens is 3. The first-order valence-electron chi connectivity index (χ1n) is 5.65. The quantitative estimate of drug-likeness (QED) is 0.879. The van der Waals surface area contributed by atoms with Gasteiger partial charge >= 0.3 is 0 Å². The van der Waals surface area contributed by atoms with E-state index >= 15 is 0 Å². The molecular formula is C12H13BrN4. The molecule has 88 valence electrons. The molecule has 0 bridgehead atoms. The van der Waals surface area contributed by atoms with Gasteiger partial charge in [0.2, 0.25) is 0 Å². The molecule has 0 fully saturated rings. The van der Waals surface area contributed by atoms with Crippen molar-refractivity contribution in [1.82, 2.24) is 15.0 Å². The van der Waals surface area contributed by atoms with E-state index in [1.165, 1.54) is 11.3 Å². The van der Waals surface area contributed by atoms with Crippen molar-refractivity contribution in [2.75, 3.05) is 5.32 Å². The van der Waals surface area contributed by atoms with Crippen LogP contribution in [0.15, 0.2) is 28.9 Å². The van der Waals surface area contributed by atoms with Gasteiger partial charge in [0, 0.05) is 12.7 Å². The van der Waals surface area contributed by atoms with Gasteiger partial charge in [-0.05, 0) is 40.4 Å². The minimum absolute atomic E-state index is 0.277. The molecular weight excluding hydrogens is 280 g/mol. The molecule has 17 heavy (non-hydrogen) atoms. The van der Waals surface area contributed by atoms with Gasteiger partial charge in [0.05, 0.1) is 11.7 Å². The van der Waals surface area contributed by atoms with Crippen molar-refractivity contribution < 1.29 is 0 Å². The molecule has 1 aliphatic heterocycles. The molecule has 1 aliphatic rings. The van der Waals surface area contributed by atoms with Gasteiger partial charge in [-0.1, -0.05) is 23.4 Å².